The van der Waals surface area contributed by atoms with E-state index in [0.29, 0.717) is 5.02 Å². The molecule has 0 radical (unpaired) electrons. The highest BCUT2D eigenvalue weighted by Crippen LogP contribution is 2.38. The van der Waals surface area contributed by atoms with Gasteiger partial charge in [0.2, 0.25) is 0 Å². The van der Waals surface area contributed by atoms with E-state index in [0.717, 1.165) is 13.7 Å². The van der Waals surface area contributed by atoms with Gasteiger partial charge in [-0.2, -0.15) is 0 Å². The molecule has 0 aliphatic rings. The van der Waals surface area contributed by atoms with Gasteiger partial charge in [0.15, 0.2) is 5.75 Å². The van der Waals surface area contributed by atoms with Crippen LogP contribution in [0, 0.1) is 3.57 Å². The number of phenols is 1. The third kappa shape index (κ3) is 1.20. The molecule has 1 aromatic carbocycles. The first-order valence-corrected chi connectivity index (χ1v) is 5.58. The van der Waals surface area contributed by atoms with E-state index in [2.05, 4.69) is 22.6 Å². The van der Waals surface area contributed by atoms with Crippen molar-refractivity contribution in [3.05, 3.63) is 26.1 Å². The SMILES string of the molecule is Oc1c(Cl)cc(I)c2ccsc12. The van der Waals surface area contributed by atoms with Gasteiger partial charge in [-0.25, -0.2) is 0 Å². The number of rotatable bonds is 0. The van der Waals surface area contributed by atoms with Crippen molar-refractivity contribution in [2.75, 3.05) is 0 Å². The lowest BCUT2D eigenvalue weighted by molar-refractivity contribution is 0.482. The smallest absolute Gasteiger partial charge is 0.152 e. The highest BCUT2D eigenvalue weighted by molar-refractivity contribution is 14.1. The molecule has 0 unspecified atom stereocenters. The monoisotopic (exact) mass is 310 g/mol. The van der Waals surface area contributed by atoms with Crippen LogP contribution in [0.1, 0.15) is 0 Å². The van der Waals surface area contributed by atoms with Gasteiger partial charge in [0.25, 0.3) is 0 Å². The molecule has 12 heavy (non-hydrogen) atoms. The van der Waals surface area contributed by atoms with Crippen molar-refractivity contribution in [2.45, 2.75) is 0 Å². The summed E-state index contributed by atoms with van der Waals surface area (Å²) in [5.74, 6) is 0.196. The minimum Gasteiger partial charge on any atom is -0.505 e. The number of thiophene rings is 1. The fourth-order valence-electron chi connectivity index (χ4n) is 1.05. The quantitative estimate of drug-likeness (QED) is 0.733. The van der Waals surface area contributed by atoms with Gasteiger partial charge in [-0.1, -0.05) is 11.6 Å². The summed E-state index contributed by atoms with van der Waals surface area (Å²) in [5, 5.41) is 13.0. The Kier molecular flexibility index (Phi) is 2.18. The summed E-state index contributed by atoms with van der Waals surface area (Å²) in [6.45, 7) is 0. The van der Waals surface area contributed by atoms with Gasteiger partial charge < -0.3 is 5.11 Å². The molecule has 1 N–H and O–H groups in total. The lowest BCUT2D eigenvalue weighted by atomic mass is 10.2. The molecule has 4 heteroatoms. The zero-order valence-corrected chi connectivity index (χ0v) is 9.57. The lowest BCUT2D eigenvalue weighted by Crippen LogP contribution is -1.74. The van der Waals surface area contributed by atoms with E-state index < -0.39 is 0 Å². The third-order valence-corrected chi connectivity index (χ3v) is 3.72. The van der Waals surface area contributed by atoms with Crippen molar-refractivity contribution < 1.29 is 5.11 Å². The second-order valence-corrected chi connectivity index (χ2v) is 4.84. The molecule has 2 aromatic rings. The summed E-state index contributed by atoms with van der Waals surface area (Å²) in [7, 11) is 0. The maximum atomic E-state index is 9.55. The van der Waals surface area contributed by atoms with Crippen molar-refractivity contribution >= 4 is 55.6 Å². The first kappa shape index (κ1) is 8.59. The summed E-state index contributed by atoms with van der Waals surface area (Å²) < 4.78 is 1.94. The zero-order valence-electron chi connectivity index (χ0n) is 5.84. The van der Waals surface area contributed by atoms with Crippen LogP contribution in [-0.2, 0) is 0 Å². The summed E-state index contributed by atoms with van der Waals surface area (Å²) in [5.41, 5.74) is 0. The predicted molar refractivity (Wildman–Crippen MR) is 61.2 cm³/mol. The average Bonchev–Trinajstić information content (AvgIpc) is 2.48. The van der Waals surface area contributed by atoms with Crippen molar-refractivity contribution in [3.8, 4) is 5.75 Å². The molecule has 0 atom stereocenters. The number of hydrogen-bond acceptors (Lipinski definition) is 2. The Morgan fingerprint density at radius 2 is 2.25 bits per heavy atom. The van der Waals surface area contributed by atoms with Crippen molar-refractivity contribution in [1.29, 1.82) is 0 Å². The third-order valence-electron chi connectivity index (χ3n) is 1.62. The van der Waals surface area contributed by atoms with Gasteiger partial charge in [-0.05, 0) is 40.1 Å². The van der Waals surface area contributed by atoms with Crippen LogP contribution in [0.2, 0.25) is 5.02 Å². The van der Waals surface area contributed by atoms with Gasteiger partial charge in [0.1, 0.15) is 0 Å². The largest absolute Gasteiger partial charge is 0.505 e. The molecule has 2 rings (SSSR count). The molecular formula is C8H4ClIOS. The first-order valence-electron chi connectivity index (χ1n) is 3.24. The van der Waals surface area contributed by atoms with Crippen LogP contribution < -0.4 is 0 Å². The van der Waals surface area contributed by atoms with Crippen molar-refractivity contribution in [1.82, 2.24) is 0 Å². The van der Waals surface area contributed by atoms with Crippen LogP contribution in [-0.4, -0.2) is 5.11 Å². The van der Waals surface area contributed by atoms with E-state index in [9.17, 15) is 5.11 Å². The normalized spacial score (nSPS) is 10.8. The van der Waals surface area contributed by atoms with Crippen LogP contribution >= 0.6 is 45.5 Å². The average molecular weight is 311 g/mol. The fourth-order valence-corrected chi connectivity index (χ4v) is 3.30. The maximum Gasteiger partial charge on any atom is 0.152 e. The summed E-state index contributed by atoms with van der Waals surface area (Å²) in [6, 6.07) is 3.75. The van der Waals surface area contributed by atoms with E-state index >= 15 is 0 Å². The standard InChI is InChI=1S/C8H4ClIOS/c9-5-3-6(10)4-1-2-12-8(4)7(5)11/h1-3,11H. The Hall–Kier alpha value is -0.0000000000000000833. The number of aromatic hydroxyl groups is 1. The molecule has 0 saturated carbocycles. The van der Waals surface area contributed by atoms with E-state index in [4.69, 9.17) is 11.6 Å². The Bertz CT molecular complexity index is 438. The molecule has 1 heterocycles. The van der Waals surface area contributed by atoms with Crippen molar-refractivity contribution in [3.63, 3.8) is 0 Å². The number of hydrogen-bond donors (Lipinski definition) is 1. The molecule has 0 spiro atoms. The van der Waals surface area contributed by atoms with E-state index in [1.54, 1.807) is 6.07 Å². The highest BCUT2D eigenvalue weighted by atomic mass is 127. The molecule has 0 amide bonds. The highest BCUT2D eigenvalue weighted by Gasteiger charge is 2.08. The number of phenolic OH excluding ortho intramolecular Hbond substituents is 1. The van der Waals surface area contributed by atoms with Gasteiger partial charge in [0.05, 0.1) is 9.72 Å². The van der Waals surface area contributed by atoms with Gasteiger partial charge in [-0.15, -0.1) is 11.3 Å². The molecule has 62 valence electrons. The minimum atomic E-state index is 0.196. The van der Waals surface area contributed by atoms with E-state index in [1.807, 2.05) is 11.4 Å². The first-order chi connectivity index (χ1) is 5.70. The molecule has 0 saturated heterocycles. The lowest BCUT2D eigenvalue weighted by Gasteiger charge is -1.99. The van der Waals surface area contributed by atoms with Crippen LogP contribution in [0.25, 0.3) is 10.1 Å². The Balaban J connectivity index is 2.97. The fraction of sp³-hybridized carbons (Fsp3) is 0. The molecule has 1 aromatic heterocycles. The van der Waals surface area contributed by atoms with Gasteiger partial charge >= 0.3 is 0 Å². The van der Waals surface area contributed by atoms with Crippen LogP contribution in [0.4, 0.5) is 0 Å². The Morgan fingerprint density at radius 3 is 3.00 bits per heavy atom. The topological polar surface area (TPSA) is 20.2 Å². The number of benzene rings is 1. The molecule has 0 aliphatic heterocycles. The Morgan fingerprint density at radius 1 is 1.50 bits per heavy atom. The van der Waals surface area contributed by atoms with Crippen LogP contribution in [0.3, 0.4) is 0 Å². The summed E-state index contributed by atoms with van der Waals surface area (Å²) in [6.07, 6.45) is 0. The Labute approximate surface area is 92.1 Å². The molecular weight excluding hydrogens is 307 g/mol. The molecule has 1 nitrogen and oxygen atoms in total. The van der Waals surface area contributed by atoms with Crippen molar-refractivity contribution in [2.24, 2.45) is 0 Å². The molecule has 0 aliphatic carbocycles. The van der Waals surface area contributed by atoms with E-state index in [-0.39, 0.29) is 5.75 Å². The number of halogens is 2. The van der Waals surface area contributed by atoms with Crippen LogP contribution in [0.15, 0.2) is 17.5 Å². The maximum absolute atomic E-state index is 9.55. The minimum absolute atomic E-state index is 0.196. The van der Waals surface area contributed by atoms with Crippen LogP contribution in [0.5, 0.6) is 5.75 Å². The van der Waals surface area contributed by atoms with Gasteiger partial charge in [0, 0.05) is 8.96 Å². The zero-order chi connectivity index (χ0) is 8.72. The predicted octanol–water partition coefficient (Wildman–Crippen LogP) is 3.86. The van der Waals surface area contributed by atoms with E-state index in [1.165, 1.54) is 11.3 Å². The second kappa shape index (κ2) is 3.05. The second-order valence-electron chi connectivity index (χ2n) is 2.35. The molecule has 0 bridgehead atoms. The summed E-state index contributed by atoms with van der Waals surface area (Å²) in [4.78, 5) is 0. The molecule has 0 fully saturated rings. The number of fused-ring (bicyclic) bond motifs is 1. The van der Waals surface area contributed by atoms with Gasteiger partial charge in [-0.3, -0.25) is 0 Å². The summed E-state index contributed by atoms with van der Waals surface area (Å²) >= 11 is 9.51.